The van der Waals surface area contributed by atoms with Gasteiger partial charge < -0.3 is 14.5 Å². The molecule has 1 saturated carbocycles. The number of halogens is 3. The van der Waals surface area contributed by atoms with Crippen molar-refractivity contribution in [2.45, 2.75) is 56.1 Å². The van der Waals surface area contributed by atoms with Crippen LogP contribution in [0.3, 0.4) is 0 Å². The Kier molecular flexibility index (Phi) is 9.65. The number of benzene rings is 3. The Morgan fingerprint density at radius 2 is 1.57 bits per heavy atom. The van der Waals surface area contributed by atoms with Crippen LogP contribution in [-0.4, -0.2) is 63.2 Å². The van der Waals surface area contributed by atoms with E-state index in [9.17, 15) is 22.0 Å². The van der Waals surface area contributed by atoms with Crippen molar-refractivity contribution in [1.82, 2.24) is 9.80 Å². The molecule has 11 heteroatoms. The highest BCUT2D eigenvalue weighted by atomic mass is 35.5. The minimum absolute atomic E-state index is 0.0163. The van der Waals surface area contributed by atoms with Crippen LogP contribution in [0.4, 0.5) is 8.78 Å². The highest BCUT2D eigenvalue weighted by Gasteiger charge is 2.33. The molecule has 1 amide bonds. The van der Waals surface area contributed by atoms with Crippen LogP contribution in [0.15, 0.2) is 59.5 Å². The van der Waals surface area contributed by atoms with Crippen LogP contribution in [0, 0.1) is 11.6 Å². The third-order valence-corrected chi connectivity index (χ3v) is 11.9. The largest absolute Gasteiger partial charge is 0.496 e. The Morgan fingerprint density at radius 3 is 2.16 bits per heavy atom. The number of nitrogens with zero attached hydrogens (tertiary/aromatic N) is 2. The normalized spacial score (nSPS) is 17.3. The molecule has 1 aliphatic carbocycles. The maximum absolute atomic E-state index is 14.7. The number of hydrogen-bond donors (Lipinski definition) is 0. The summed E-state index contributed by atoms with van der Waals surface area (Å²) in [5.74, 6) is -1.09. The van der Waals surface area contributed by atoms with E-state index in [2.05, 4.69) is 19.0 Å². The van der Waals surface area contributed by atoms with Crippen LogP contribution < -0.4 is 4.74 Å². The molecule has 0 radical (unpaired) electrons. The van der Waals surface area contributed by atoms with E-state index in [-0.39, 0.29) is 49.1 Å². The first kappa shape index (κ1) is 32.3. The first-order valence-electron chi connectivity index (χ1n) is 14.5. The van der Waals surface area contributed by atoms with Crippen molar-refractivity contribution in [1.29, 1.82) is 0 Å². The van der Waals surface area contributed by atoms with Crippen molar-refractivity contribution in [2.75, 3.05) is 27.0 Å². The molecule has 0 bridgehead atoms. The summed E-state index contributed by atoms with van der Waals surface area (Å²) in [6, 6.07) is 14.7. The molecule has 1 fully saturated rings. The number of methoxy groups -OCH3 is 1. The van der Waals surface area contributed by atoms with Gasteiger partial charge in [0.05, 0.1) is 32.9 Å². The van der Waals surface area contributed by atoms with Gasteiger partial charge in [-0.2, -0.15) is 0 Å². The second-order valence-corrected chi connectivity index (χ2v) is 15.0. The molecule has 0 aliphatic heterocycles. The first-order chi connectivity index (χ1) is 20.9. The van der Waals surface area contributed by atoms with Gasteiger partial charge in [0.1, 0.15) is 22.3 Å². The minimum Gasteiger partial charge on any atom is -0.496 e. The standard InChI is InChI=1S/C33H35ClF2N2O4S2/c1-5-44(40,41)25-13-6-20(7-14-25)21-8-17-28(42-4)22(18-21)19-38(24-11-9-23(10-12-24)37(2)3)33(39)32-30(34)29-26(35)15-16-27(36)31(29)43-32/h6-8,13-18,23-24H,5,9-12,19H2,1-4H3/t23-,24-. The summed E-state index contributed by atoms with van der Waals surface area (Å²) < 4.78 is 59.7. The molecule has 3 aromatic carbocycles. The van der Waals surface area contributed by atoms with E-state index in [1.807, 2.05) is 18.2 Å². The molecule has 1 aliphatic rings. The van der Waals surface area contributed by atoms with Crippen molar-refractivity contribution < 1.29 is 26.7 Å². The molecule has 4 aromatic rings. The highest BCUT2D eigenvalue weighted by Crippen LogP contribution is 2.41. The third-order valence-electron chi connectivity index (χ3n) is 8.52. The van der Waals surface area contributed by atoms with E-state index in [0.29, 0.717) is 11.8 Å². The highest BCUT2D eigenvalue weighted by molar-refractivity contribution is 7.91. The monoisotopic (exact) mass is 660 g/mol. The lowest BCUT2D eigenvalue weighted by Gasteiger charge is -2.39. The zero-order valence-electron chi connectivity index (χ0n) is 25.1. The number of rotatable bonds is 9. The fourth-order valence-corrected chi connectivity index (χ4v) is 8.29. The van der Waals surface area contributed by atoms with Crippen LogP contribution in [0.5, 0.6) is 5.75 Å². The zero-order chi connectivity index (χ0) is 31.8. The maximum Gasteiger partial charge on any atom is 0.266 e. The molecular formula is C33H35ClF2N2O4S2. The maximum atomic E-state index is 14.7. The topological polar surface area (TPSA) is 66.9 Å². The van der Waals surface area contributed by atoms with Crippen LogP contribution in [0.2, 0.25) is 5.02 Å². The number of sulfone groups is 1. The lowest BCUT2D eigenvalue weighted by atomic mass is 9.89. The van der Waals surface area contributed by atoms with Crippen molar-refractivity contribution in [3.05, 3.63) is 81.7 Å². The molecule has 1 aromatic heterocycles. The summed E-state index contributed by atoms with van der Waals surface area (Å²) in [5.41, 5.74) is 2.38. The molecule has 5 rings (SSSR count). The molecular weight excluding hydrogens is 626 g/mol. The Bertz CT molecular complexity index is 1780. The molecule has 0 unspecified atom stereocenters. The third kappa shape index (κ3) is 6.36. The average molecular weight is 661 g/mol. The summed E-state index contributed by atoms with van der Waals surface area (Å²) in [6.45, 7) is 1.79. The van der Waals surface area contributed by atoms with Crippen LogP contribution in [0.1, 0.15) is 47.8 Å². The summed E-state index contributed by atoms with van der Waals surface area (Å²) >= 11 is 7.45. The molecule has 1 heterocycles. The number of fused-ring (bicyclic) bond motifs is 1. The molecule has 0 atom stereocenters. The Hall–Kier alpha value is -3.05. The molecule has 0 saturated heterocycles. The predicted molar refractivity (Wildman–Crippen MR) is 173 cm³/mol. The summed E-state index contributed by atoms with van der Waals surface area (Å²) in [7, 11) is 2.33. The number of amides is 1. The van der Waals surface area contributed by atoms with E-state index < -0.39 is 21.5 Å². The number of ether oxygens (including phenoxy) is 1. The van der Waals surface area contributed by atoms with Gasteiger partial charge in [0.15, 0.2) is 9.84 Å². The molecule has 44 heavy (non-hydrogen) atoms. The van der Waals surface area contributed by atoms with E-state index in [4.69, 9.17) is 16.3 Å². The van der Waals surface area contributed by atoms with E-state index in [1.54, 1.807) is 43.2 Å². The second-order valence-electron chi connectivity index (χ2n) is 11.3. The Labute approximate surface area is 266 Å². The lowest BCUT2D eigenvalue weighted by molar-refractivity contribution is 0.0573. The number of thiophene rings is 1. The molecule has 0 spiro atoms. The number of carbonyl (C=O) groups is 1. The first-order valence-corrected chi connectivity index (χ1v) is 17.3. The second kappa shape index (κ2) is 13.1. The quantitative estimate of drug-likeness (QED) is 0.183. The van der Waals surface area contributed by atoms with Gasteiger partial charge in [0.25, 0.3) is 5.91 Å². The lowest BCUT2D eigenvalue weighted by Crippen LogP contribution is -2.44. The van der Waals surface area contributed by atoms with Gasteiger partial charge in [-0.25, -0.2) is 17.2 Å². The summed E-state index contributed by atoms with van der Waals surface area (Å²) in [5, 5.41) is -0.161. The van der Waals surface area contributed by atoms with Gasteiger partial charge in [0, 0.05) is 24.2 Å². The van der Waals surface area contributed by atoms with E-state index in [0.717, 1.165) is 65.8 Å². The van der Waals surface area contributed by atoms with Crippen molar-refractivity contribution in [3.63, 3.8) is 0 Å². The molecule has 0 N–H and O–H groups in total. The van der Waals surface area contributed by atoms with Gasteiger partial charge >= 0.3 is 0 Å². The van der Waals surface area contributed by atoms with Crippen LogP contribution >= 0.6 is 22.9 Å². The van der Waals surface area contributed by atoms with Crippen LogP contribution in [0.25, 0.3) is 21.2 Å². The fourth-order valence-electron chi connectivity index (χ4n) is 5.91. The van der Waals surface area contributed by atoms with Gasteiger partial charge in [-0.1, -0.05) is 36.7 Å². The van der Waals surface area contributed by atoms with Gasteiger partial charge in [-0.05, 0) is 87.3 Å². The van der Waals surface area contributed by atoms with Crippen LogP contribution in [-0.2, 0) is 16.4 Å². The Balaban J connectivity index is 1.54. The van der Waals surface area contributed by atoms with Crippen molar-refractivity contribution in [2.24, 2.45) is 0 Å². The molecule has 234 valence electrons. The minimum atomic E-state index is -3.33. The SMILES string of the molecule is CCS(=O)(=O)c1ccc(-c2ccc(OC)c(CN(C(=O)c3sc4c(F)ccc(F)c4c3Cl)[C@H]3CC[C@H](N(C)C)CC3)c2)cc1. The van der Waals surface area contributed by atoms with Crippen molar-refractivity contribution in [3.8, 4) is 16.9 Å². The van der Waals surface area contributed by atoms with Gasteiger partial charge in [-0.3, -0.25) is 4.79 Å². The van der Waals surface area contributed by atoms with E-state index >= 15 is 0 Å². The Morgan fingerprint density at radius 1 is 0.955 bits per heavy atom. The number of hydrogen-bond acceptors (Lipinski definition) is 6. The van der Waals surface area contributed by atoms with E-state index in [1.165, 1.54) is 0 Å². The summed E-state index contributed by atoms with van der Waals surface area (Å²) in [6.07, 6.45) is 3.31. The average Bonchev–Trinajstić information content (AvgIpc) is 3.39. The summed E-state index contributed by atoms with van der Waals surface area (Å²) in [4.78, 5) is 18.6. The van der Waals surface area contributed by atoms with Crippen molar-refractivity contribution >= 4 is 48.8 Å². The number of carbonyl (C=O) groups excluding carboxylic acids is 1. The smallest absolute Gasteiger partial charge is 0.266 e. The zero-order valence-corrected chi connectivity index (χ0v) is 27.5. The van der Waals surface area contributed by atoms with Gasteiger partial charge in [-0.15, -0.1) is 11.3 Å². The predicted octanol–water partition coefficient (Wildman–Crippen LogP) is 7.82. The molecule has 6 nitrogen and oxygen atoms in total. The fraction of sp³-hybridized carbons (Fsp3) is 0.364. The van der Waals surface area contributed by atoms with Gasteiger partial charge in [0.2, 0.25) is 0 Å².